The van der Waals surface area contributed by atoms with Crippen molar-refractivity contribution in [1.82, 2.24) is 0 Å². The molecular weight excluding hydrogens is 258 g/mol. The molecule has 0 heterocycles. The molecule has 0 aliphatic heterocycles. The highest BCUT2D eigenvalue weighted by Crippen LogP contribution is 2.33. The molecule has 0 aliphatic carbocycles. The first-order valence-corrected chi connectivity index (χ1v) is 6.49. The molecule has 0 amide bonds. The number of halogens is 1. The normalized spacial score (nSPS) is 11.3. The highest BCUT2D eigenvalue weighted by molar-refractivity contribution is 7.99. The van der Waals surface area contributed by atoms with Crippen LogP contribution in [0.1, 0.15) is 13.8 Å². The Morgan fingerprint density at radius 3 is 2.76 bits per heavy atom. The first kappa shape index (κ1) is 14.2. The van der Waals surface area contributed by atoms with E-state index >= 15 is 0 Å². The Kier molecular flexibility index (Phi) is 4.71. The monoisotopic (exact) mass is 273 g/mol. The molecule has 2 N–H and O–H groups in total. The van der Waals surface area contributed by atoms with E-state index in [1.807, 2.05) is 13.8 Å². The number of carbonyl (C=O) groups is 1. The number of nitrogens with two attached hydrogens (primary N) is 1. The second-order valence-corrected chi connectivity index (χ2v) is 5.78. The third-order valence-corrected chi connectivity index (χ3v) is 4.24. The van der Waals surface area contributed by atoms with Gasteiger partial charge in [0.15, 0.2) is 0 Å². The summed E-state index contributed by atoms with van der Waals surface area (Å²) < 4.78 is 4.75. The van der Waals surface area contributed by atoms with Crippen molar-refractivity contribution in [2.45, 2.75) is 18.7 Å². The molecule has 1 aromatic rings. The largest absolute Gasteiger partial charge is 0.469 e. The van der Waals surface area contributed by atoms with Gasteiger partial charge in [-0.05, 0) is 32.0 Å². The minimum absolute atomic E-state index is 0.231. The summed E-state index contributed by atoms with van der Waals surface area (Å²) in [6.45, 7) is 3.68. The third kappa shape index (κ3) is 3.82. The molecule has 0 saturated carbocycles. The van der Waals surface area contributed by atoms with Crippen LogP contribution in [0.25, 0.3) is 0 Å². The lowest BCUT2D eigenvalue weighted by Gasteiger charge is -2.21. The number of anilines is 1. The Balaban J connectivity index is 2.73. The molecule has 0 unspecified atom stereocenters. The molecule has 5 heteroatoms. The number of rotatable bonds is 4. The molecule has 0 saturated heterocycles. The van der Waals surface area contributed by atoms with E-state index in [2.05, 4.69) is 0 Å². The maximum absolute atomic E-state index is 11.5. The lowest BCUT2D eigenvalue weighted by Crippen LogP contribution is -2.28. The Morgan fingerprint density at radius 1 is 1.53 bits per heavy atom. The van der Waals surface area contributed by atoms with Crippen LogP contribution in [0.4, 0.5) is 5.69 Å². The van der Waals surface area contributed by atoms with Crippen LogP contribution in [0.5, 0.6) is 0 Å². The average Bonchev–Trinajstić information content (AvgIpc) is 2.29. The van der Waals surface area contributed by atoms with Gasteiger partial charge in [-0.25, -0.2) is 0 Å². The molecule has 0 fully saturated rings. The van der Waals surface area contributed by atoms with Gasteiger partial charge in [0.1, 0.15) is 0 Å². The number of methoxy groups -OCH3 is 1. The minimum atomic E-state index is -0.548. The van der Waals surface area contributed by atoms with Crippen LogP contribution in [-0.4, -0.2) is 18.8 Å². The molecule has 1 rings (SSSR count). The van der Waals surface area contributed by atoms with E-state index in [0.717, 1.165) is 4.90 Å². The van der Waals surface area contributed by atoms with Crippen LogP contribution in [0.15, 0.2) is 23.1 Å². The van der Waals surface area contributed by atoms with Crippen LogP contribution in [0.2, 0.25) is 5.02 Å². The fourth-order valence-corrected chi connectivity index (χ4v) is 2.56. The fourth-order valence-electron chi connectivity index (χ4n) is 1.22. The molecule has 1 aromatic carbocycles. The first-order valence-electron chi connectivity index (χ1n) is 5.13. The van der Waals surface area contributed by atoms with Gasteiger partial charge >= 0.3 is 5.97 Å². The Morgan fingerprint density at radius 2 is 2.18 bits per heavy atom. The summed E-state index contributed by atoms with van der Waals surface area (Å²) in [6.07, 6.45) is 0. The molecular formula is C12H16ClNO2S. The number of hydrogen-bond donors (Lipinski definition) is 1. The fraction of sp³-hybridized carbons (Fsp3) is 0.417. The molecule has 0 radical (unpaired) electrons. The molecule has 0 bridgehead atoms. The zero-order valence-electron chi connectivity index (χ0n) is 10.1. The summed E-state index contributed by atoms with van der Waals surface area (Å²) in [6, 6.07) is 5.31. The molecule has 17 heavy (non-hydrogen) atoms. The Hall–Kier alpha value is -0.870. The summed E-state index contributed by atoms with van der Waals surface area (Å²) in [5.41, 5.74) is 5.80. The summed E-state index contributed by atoms with van der Waals surface area (Å²) >= 11 is 7.55. The summed E-state index contributed by atoms with van der Waals surface area (Å²) in [7, 11) is 1.39. The van der Waals surface area contributed by atoms with E-state index < -0.39 is 5.41 Å². The van der Waals surface area contributed by atoms with Crippen molar-refractivity contribution in [3.05, 3.63) is 23.2 Å². The molecule has 3 nitrogen and oxygen atoms in total. The number of carbonyl (C=O) groups excluding carboxylic acids is 1. The first-order chi connectivity index (χ1) is 7.86. The van der Waals surface area contributed by atoms with Crippen LogP contribution in [0, 0.1) is 5.41 Å². The highest BCUT2D eigenvalue weighted by atomic mass is 35.5. The zero-order valence-corrected chi connectivity index (χ0v) is 11.7. The smallest absolute Gasteiger partial charge is 0.312 e. The average molecular weight is 274 g/mol. The third-order valence-electron chi connectivity index (χ3n) is 2.28. The van der Waals surface area contributed by atoms with Gasteiger partial charge in [0.2, 0.25) is 0 Å². The second kappa shape index (κ2) is 5.65. The Bertz CT molecular complexity index is 421. The van der Waals surface area contributed by atoms with Gasteiger partial charge in [-0.2, -0.15) is 0 Å². The summed E-state index contributed by atoms with van der Waals surface area (Å²) in [4.78, 5) is 12.4. The number of hydrogen-bond acceptors (Lipinski definition) is 4. The van der Waals surface area contributed by atoms with Gasteiger partial charge in [0.05, 0.1) is 17.5 Å². The predicted molar refractivity (Wildman–Crippen MR) is 72.4 cm³/mol. The van der Waals surface area contributed by atoms with Gasteiger partial charge in [0.25, 0.3) is 0 Å². The second-order valence-electron chi connectivity index (χ2n) is 4.35. The zero-order chi connectivity index (χ0) is 13.1. The van der Waals surface area contributed by atoms with E-state index in [9.17, 15) is 4.79 Å². The van der Waals surface area contributed by atoms with Crippen molar-refractivity contribution in [1.29, 1.82) is 0 Å². The molecule has 0 atom stereocenters. The van der Waals surface area contributed by atoms with Crippen molar-refractivity contribution < 1.29 is 9.53 Å². The van der Waals surface area contributed by atoms with Crippen LogP contribution in [-0.2, 0) is 9.53 Å². The van der Waals surface area contributed by atoms with Crippen molar-refractivity contribution >= 4 is 35.0 Å². The quantitative estimate of drug-likeness (QED) is 0.520. The van der Waals surface area contributed by atoms with E-state index in [4.69, 9.17) is 22.1 Å². The van der Waals surface area contributed by atoms with E-state index in [-0.39, 0.29) is 5.97 Å². The highest BCUT2D eigenvalue weighted by Gasteiger charge is 2.28. The van der Waals surface area contributed by atoms with E-state index in [0.29, 0.717) is 16.5 Å². The molecule has 0 aromatic heterocycles. The van der Waals surface area contributed by atoms with Crippen molar-refractivity contribution in [3.8, 4) is 0 Å². The van der Waals surface area contributed by atoms with Crippen LogP contribution < -0.4 is 5.73 Å². The van der Waals surface area contributed by atoms with Crippen molar-refractivity contribution in [3.63, 3.8) is 0 Å². The number of benzene rings is 1. The van der Waals surface area contributed by atoms with Crippen molar-refractivity contribution in [2.24, 2.45) is 5.41 Å². The molecule has 0 spiro atoms. The molecule has 94 valence electrons. The van der Waals surface area contributed by atoms with E-state index in [1.165, 1.54) is 18.9 Å². The number of nitrogen functional groups attached to an aromatic ring is 1. The van der Waals surface area contributed by atoms with E-state index in [1.54, 1.807) is 18.2 Å². The van der Waals surface area contributed by atoms with Crippen LogP contribution >= 0.6 is 23.4 Å². The topological polar surface area (TPSA) is 52.3 Å². The van der Waals surface area contributed by atoms with Gasteiger partial charge in [-0.3, -0.25) is 4.79 Å². The summed E-state index contributed by atoms with van der Waals surface area (Å²) in [5, 5.41) is 0.643. The minimum Gasteiger partial charge on any atom is -0.469 e. The lowest BCUT2D eigenvalue weighted by atomic mass is 9.97. The van der Waals surface area contributed by atoms with Gasteiger partial charge < -0.3 is 10.5 Å². The van der Waals surface area contributed by atoms with Crippen molar-refractivity contribution in [2.75, 3.05) is 18.6 Å². The summed E-state index contributed by atoms with van der Waals surface area (Å²) in [5.74, 6) is 0.355. The standard InChI is InChI=1S/C12H16ClNO2S/c1-12(2,11(15)16-3)7-17-10-6-8(14)4-5-9(10)13/h4-6H,7,14H2,1-3H3. The lowest BCUT2D eigenvalue weighted by molar-refractivity contribution is -0.149. The maximum atomic E-state index is 11.5. The number of esters is 1. The predicted octanol–water partition coefficient (Wildman–Crippen LogP) is 3.21. The van der Waals surface area contributed by atoms with Gasteiger partial charge in [0, 0.05) is 16.3 Å². The van der Waals surface area contributed by atoms with Gasteiger partial charge in [-0.1, -0.05) is 11.6 Å². The molecule has 0 aliphatic rings. The van der Waals surface area contributed by atoms with Gasteiger partial charge in [-0.15, -0.1) is 11.8 Å². The number of ether oxygens (including phenoxy) is 1. The SMILES string of the molecule is COC(=O)C(C)(C)CSc1cc(N)ccc1Cl. The number of thioether (sulfide) groups is 1. The van der Waals surface area contributed by atoms with Crippen LogP contribution in [0.3, 0.4) is 0 Å². The Labute approximate surface area is 111 Å². The maximum Gasteiger partial charge on any atom is 0.312 e.